The topological polar surface area (TPSA) is 70.2 Å². The maximum absolute atomic E-state index is 12.1. The van der Waals surface area contributed by atoms with Gasteiger partial charge in [0.2, 0.25) is 5.91 Å². The zero-order valence-corrected chi connectivity index (χ0v) is 10.8. The molecule has 5 nitrogen and oxygen atoms in total. The van der Waals surface area contributed by atoms with Gasteiger partial charge in [-0.1, -0.05) is 23.8 Å². The van der Waals surface area contributed by atoms with Gasteiger partial charge in [0, 0.05) is 6.54 Å². The fourth-order valence-corrected chi connectivity index (χ4v) is 2.78. The fourth-order valence-electron chi connectivity index (χ4n) is 2.78. The van der Waals surface area contributed by atoms with Crippen molar-refractivity contribution < 1.29 is 9.59 Å². The van der Waals surface area contributed by atoms with Gasteiger partial charge < -0.3 is 16.0 Å². The Bertz CT molecular complexity index is 541. The summed E-state index contributed by atoms with van der Waals surface area (Å²) in [6.07, 6.45) is 1.93. The van der Waals surface area contributed by atoms with Gasteiger partial charge >= 0.3 is 6.03 Å². The number of hydrogen-bond donors (Lipinski definition) is 3. The maximum atomic E-state index is 12.1. The predicted molar refractivity (Wildman–Crippen MR) is 70.7 cm³/mol. The van der Waals surface area contributed by atoms with E-state index in [9.17, 15) is 9.59 Å². The SMILES string of the molecule is Cc1ccc2c(c1)CC[C@@H]2NC(=O)[C@@H]1CNC(=O)N1. The average Bonchev–Trinajstić information content (AvgIpc) is 2.96. The molecule has 1 aromatic rings. The number of hydrogen-bond acceptors (Lipinski definition) is 2. The first-order valence-electron chi connectivity index (χ1n) is 6.57. The van der Waals surface area contributed by atoms with Crippen LogP contribution in [0.1, 0.15) is 29.2 Å². The van der Waals surface area contributed by atoms with E-state index in [4.69, 9.17) is 0 Å². The third-order valence-corrected chi connectivity index (χ3v) is 3.78. The van der Waals surface area contributed by atoms with Gasteiger partial charge in [0.05, 0.1) is 6.04 Å². The molecule has 3 N–H and O–H groups in total. The number of rotatable bonds is 2. The fraction of sp³-hybridized carbons (Fsp3) is 0.429. The summed E-state index contributed by atoms with van der Waals surface area (Å²) in [5, 5.41) is 8.21. The molecule has 1 aliphatic heterocycles. The first-order chi connectivity index (χ1) is 9.13. The van der Waals surface area contributed by atoms with Crippen molar-refractivity contribution in [2.75, 3.05) is 6.54 Å². The van der Waals surface area contributed by atoms with Crippen LogP contribution in [0.4, 0.5) is 4.79 Å². The summed E-state index contributed by atoms with van der Waals surface area (Å²) in [6.45, 7) is 2.43. The summed E-state index contributed by atoms with van der Waals surface area (Å²) >= 11 is 0. The Hall–Kier alpha value is -2.04. The summed E-state index contributed by atoms with van der Waals surface area (Å²) in [6, 6.07) is 5.68. The molecule has 0 spiro atoms. The van der Waals surface area contributed by atoms with Crippen LogP contribution in [0, 0.1) is 6.92 Å². The standard InChI is InChI=1S/C14H17N3O2/c1-8-2-4-10-9(6-8)3-5-11(10)16-13(18)12-7-15-14(19)17-12/h2,4,6,11-12H,3,5,7H2,1H3,(H,16,18)(H2,15,17,19)/t11-,12-/m0/s1. The van der Waals surface area contributed by atoms with Crippen LogP contribution in [0.5, 0.6) is 0 Å². The first kappa shape index (κ1) is 12.0. The lowest BCUT2D eigenvalue weighted by molar-refractivity contribution is -0.123. The highest BCUT2D eigenvalue weighted by atomic mass is 16.2. The minimum Gasteiger partial charge on any atom is -0.347 e. The minimum absolute atomic E-state index is 0.0700. The van der Waals surface area contributed by atoms with E-state index in [2.05, 4.69) is 41.1 Å². The third-order valence-electron chi connectivity index (χ3n) is 3.78. The van der Waals surface area contributed by atoms with Crippen LogP contribution in [0.3, 0.4) is 0 Å². The van der Waals surface area contributed by atoms with Gasteiger partial charge in [0.15, 0.2) is 0 Å². The number of nitrogens with one attached hydrogen (secondary N) is 3. The molecule has 19 heavy (non-hydrogen) atoms. The van der Waals surface area contributed by atoms with Gasteiger partial charge in [-0.3, -0.25) is 4.79 Å². The van der Waals surface area contributed by atoms with Crippen molar-refractivity contribution in [3.8, 4) is 0 Å². The van der Waals surface area contributed by atoms with Crippen molar-refractivity contribution in [1.29, 1.82) is 0 Å². The van der Waals surface area contributed by atoms with Gasteiger partial charge in [-0.25, -0.2) is 4.79 Å². The minimum atomic E-state index is -0.456. The number of carbonyl (C=O) groups excluding carboxylic acids is 2. The molecule has 0 radical (unpaired) electrons. The van der Waals surface area contributed by atoms with Gasteiger partial charge in [0.1, 0.15) is 6.04 Å². The first-order valence-corrected chi connectivity index (χ1v) is 6.57. The Morgan fingerprint density at radius 2 is 2.26 bits per heavy atom. The second-order valence-electron chi connectivity index (χ2n) is 5.21. The molecule has 1 fully saturated rings. The normalized spacial score (nSPS) is 24.6. The van der Waals surface area contributed by atoms with E-state index in [1.807, 2.05) is 0 Å². The Morgan fingerprint density at radius 1 is 1.42 bits per heavy atom. The lowest BCUT2D eigenvalue weighted by Crippen LogP contribution is -2.43. The van der Waals surface area contributed by atoms with Gasteiger partial charge in [-0.05, 0) is 30.9 Å². The van der Waals surface area contributed by atoms with Crippen molar-refractivity contribution in [3.05, 3.63) is 34.9 Å². The summed E-state index contributed by atoms with van der Waals surface area (Å²) in [4.78, 5) is 23.1. The zero-order valence-electron chi connectivity index (χ0n) is 10.8. The molecule has 1 aromatic carbocycles. The largest absolute Gasteiger partial charge is 0.347 e. The molecule has 3 amide bonds. The number of benzene rings is 1. The van der Waals surface area contributed by atoms with E-state index in [-0.39, 0.29) is 18.0 Å². The molecule has 2 atom stereocenters. The van der Waals surface area contributed by atoms with Crippen LogP contribution in [0.25, 0.3) is 0 Å². The Morgan fingerprint density at radius 3 is 3.00 bits per heavy atom. The van der Waals surface area contributed by atoms with Gasteiger partial charge in [0.25, 0.3) is 0 Å². The van der Waals surface area contributed by atoms with Crippen molar-refractivity contribution >= 4 is 11.9 Å². The van der Waals surface area contributed by atoms with E-state index in [0.29, 0.717) is 6.54 Å². The lowest BCUT2D eigenvalue weighted by Gasteiger charge is -2.17. The van der Waals surface area contributed by atoms with Crippen LogP contribution in [0.2, 0.25) is 0 Å². The average molecular weight is 259 g/mol. The Balaban J connectivity index is 1.69. The summed E-state index contributed by atoms with van der Waals surface area (Å²) in [7, 11) is 0. The number of aryl methyl sites for hydroxylation is 2. The van der Waals surface area contributed by atoms with E-state index >= 15 is 0 Å². The summed E-state index contributed by atoms with van der Waals surface area (Å²) in [5.41, 5.74) is 3.77. The molecule has 0 unspecified atom stereocenters. The van der Waals surface area contributed by atoms with Crippen LogP contribution in [-0.4, -0.2) is 24.5 Å². The molecular formula is C14H17N3O2. The van der Waals surface area contributed by atoms with Crippen molar-refractivity contribution in [3.63, 3.8) is 0 Å². The van der Waals surface area contributed by atoms with E-state index in [1.54, 1.807) is 0 Å². The molecule has 5 heteroatoms. The molecule has 1 saturated heterocycles. The molecule has 0 saturated carbocycles. The van der Waals surface area contributed by atoms with Crippen LogP contribution in [-0.2, 0) is 11.2 Å². The highest BCUT2D eigenvalue weighted by molar-refractivity contribution is 5.90. The molecule has 3 rings (SSSR count). The second-order valence-corrected chi connectivity index (χ2v) is 5.21. The highest BCUT2D eigenvalue weighted by Crippen LogP contribution is 2.31. The third kappa shape index (κ3) is 2.28. The Kier molecular flexibility index (Phi) is 2.89. The predicted octanol–water partition coefficient (Wildman–Crippen LogP) is 0.780. The smallest absolute Gasteiger partial charge is 0.315 e. The molecule has 100 valence electrons. The summed E-state index contributed by atoms with van der Waals surface area (Å²) < 4.78 is 0. The molecule has 0 bridgehead atoms. The van der Waals surface area contributed by atoms with Crippen molar-refractivity contribution in [2.24, 2.45) is 0 Å². The van der Waals surface area contributed by atoms with E-state index in [0.717, 1.165) is 12.8 Å². The number of amides is 3. The quantitative estimate of drug-likeness (QED) is 0.734. The molecule has 1 heterocycles. The van der Waals surface area contributed by atoms with Crippen molar-refractivity contribution in [2.45, 2.75) is 31.8 Å². The number of fused-ring (bicyclic) bond motifs is 1. The molecular weight excluding hydrogens is 242 g/mol. The zero-order chi connectivity index (χ0) is 13.4. The maximum Gasteiger partial charge on any atom is 0.315 e. The lowest BCUT2D eigenvalue weighted by atomic mass is 10.1. The monoisotopic (exact) mass is 259 g/mol. The number of urea groups is 1. The van der Waals surface area contributed by atoms with E-state index in [1.165, 1.54) is 16.7 Å². The summed E-state index contributed by atoms with van der Waals surface area (Å²) in [5.74, 6) is -0.114. The van der Waals surface area contributed by atoms with E-state index < -0.39 is 6.04 Å². The Labute approximate surface area is 111 Å². The molecule has 0 aromatic heterocycles. The second kappa shape index (κ2) is 4.57. The van der Waals surface area contributed by atoms with Crippen LogP contribution >= 0.6 is 0 Å². The van der Waals surface area contributed by atoms with Crippen LogP contribution < -0.4 is 16.0 Å². The van der Waals surface area contributed by atoms with Gasteiger partial charge in [-0.15, -0.1) is 0 Å². The molecule has 1 aliphatic carbocycles. The van der Waals surface area contributed by atoms with Crippen molar-refractivity contribution in [1.82, 2.24) is 16.0 Å². The number of carbonyl (C=O) groups is 2. The molecule has 2 aliphatic rings. The highest BCUT2D eigenvalue weighted by Gasteiger charge is 2.30. The van der Waals surface area contributed by atoms with Gasteiger partial charge in [-0.2, -0.15) is 0 Å². The van der Waals surface area contributed by atoms with Crippen LogP contribution in [0.15, 0.2) is 18.2 Å².